The van der Waals surface area contributed by atoms with Gasteiger partial charge in [-0.15, -0.1) is 0 Å². The van der Waals surface area contributed by atoms with Crippen molar-refractivity contribution in [3.8, 4) is 11.1 Å². The summed E-state index contributed by atoms with van der Waals surface area (Å²) in [6.45, 7) is 6.52. The molecule has 0 aliphatic carbocycles. The highest BCUT2D eigenvalue weighted by molar-refractivity contribution is 5.69. The van der Waals surface area contributed by atoms with Crippen LogP contribution in [0, 0.1) is 13.8 Å². The van der Waals surface area contributed by atoms with E-state index in [-0.39, 0.29) is 0 Å². The van der Waals surface area contributed by atoms with Crippen LogP contribution < -0.4 is 5.32 Å². The van der Waals surface area contributed by atoms with Gasteiger partial charge >= 0.3 is 0 Å². The summed E-state index contributed by atoms with van der Waals surface area (Å²) >= 11 is 0. The highest BCUT2D eigenvalue weighted by Gasteiger charge is 2.24. The number of rotatable bonds is 2. The molecule has 1 saturated heterocycles. The van der Waals surface area contributed by atoms with Crippen LogP contribution in [0.25, 0.3) is 11.1 Å². The molecule has 3 nitrogen and oxygen atoms in total. The highest BCUT2D eigenvalue weighted by atomic mass is 15.3. The summed E-state index contributed by atoms with van der Waals surface area (Å²) in [7, 11) is 2.05. The molecule has 1 aliphatic rings. The summed E-state index contributed by atoms with van der Waals surface area (Å²) in [4.78, 5) is 0. The van der Waals surface area contributed by atoms with Crippen LogP contribution in [0.1, 0.15) is 35.7 Å². The van der Waals surface area contributed by atoms with Gasteiger partial charge in [-0.2, -0.15) is 5.10 Å². The van der Waals surface area contributed by atoms with E-state index in [1.807, 2.05) is 4.68 Å². The van der Waals surface area contributed by atoms with Gasteiger partial charge in [0, 0.05) is 24.2 Å². The fraction of sp³-hybridized carbons (Fsp3) is 0.471. The van der Waals surface area contributed by atoms with Crippen molar-refractivity contribution in [2.24, 2.45) is 7.05 Å². The Bertz CT molecular complexity index is 589. The Balaban J connectivity index is 2.06. The average molecular weight is 269 g/mol. The molecule has 0 bridgehead atoms. The van der Waals surface area contributed by atoms with Crippen LogP contribution in [0.5, 0.6) is 0 Å². The standard InChI is InChI=1S/C17H23N3/c1-12-4-6-14(7-5-12)16-13(2)20(3)19-17(16)15-8-10-18-11-9-15/h4-7,15,18H,8-11H2,1-3H3. The lowest BCUT2D eigenvalue weighted by Crippen LogP contribution is -2.27. The Morgan fingerprint density at radius 2 is 1.75 bits per heavy atom. The fourth-order valence-electron chi connectivity index (χ4n) is 3.09. The molecule has 0 spiro atoms. The average Bonchev–Trinajstić information content (AvgIpc) is 2.77. The van der Waals surface area contributed by atoms with E-state index < -0.39 is 0 Å². The minimum atomic E-state index is 0.590. The molecule has 1 aliphatic heterocycles. The van der Waals surface area contributed by atoms with Crippen LogP contribution >= 0.6 is 0 Å². The van der Waals surface area contributed by atoms with Gasteiger partial charge in [0.2, 0.25) is 0 Å². The summed E-state index contributed by atoms with van der Waals surface area (Å²) in [5, 5.41) is 8.26. The van der Waals surface area contributed by atoms with E-state index in [9.17, 15) is 0 Å². The molecular formula is C17H23N3. The van der Waals surface area contributed by atoms with Gasteiger partial charge in [0.05, 0.1) is 5.69 Å². The van der Waals surface area contributed by atoms with Crippen LogP contribution in [0.2, 0.25) is 0 Å². The molecule has 1 N–H and O–H groups in total. The first-order valence-corrected chi connectivity index (χ1v) is 7.48. The Labute approximate surface area is 121 Å². The lowest BCUT2D eigenvalue weighted by atomic mass is 9.89. The maximum Gasteiger partial charge on any atom is 0.0737 e. The van der Waals surface area contributed by atoms with E-state index >= 15 is 0 Å². The highest BCUT2D eigenvalue weighted by Crippen LogP contribution is 2.35. The maximum absolute atomic E-state index is 4.82. The zero-order valence-corrected chi connectivity index (χ0v) is 12.6. The van der Waals surface area contributed by atoms with Gasteiger partial charge in [-0.25, -0.2) is 0 Å². The second-order valence-corrected chi connectivity index (χ2v) is 5.86. The van der Waals surface area contributed by atoms with Crippen molar-refractivity contribution < 1.29 is 0 Å². The smallest absolute Gasteiger partial charge is 0.0737 e. The van der Waals surface area contributed by atoms with Gasteiger partial charge in [0.25, 0.3) is 0 Å². The van der Waals surface area contributed by atoms with Gasteiger partial charge in [-0.1, -0.05) is 29.8 Å². The SMILES string of the molecule is Cc1ccc(-c2c(C3CCNCC3)nn(C)c2C)cc1. The summed E-state index contributed by atoms with van der Waals surface area (Å²) in [5.41, 5.74) is 6.51. The number of hydrogen-bond donors (Lipinski definition) is 1. The molecule has 0 saturated carbocycles. The van der Waals surface area contributed by atoms with Crippen LogP contribution in [0.3, 0.4) is 0 Å². The summed E-state index contributed by atoms with van der Waals surface area (Å²) < 4.78 is 2.03. The number of nitrogens with one attached hydrogen (secondary N) is 1. The van der Waals surface area contributed by atoms with Crippen molar-refractivity contribution in [2.75, 3.05) is 13.1 Å². The molecule has 3 heteroatoms. The Hall–Kier alpha value is -1.61. The number of benzene rings is 1. The molecule has 0 amide bonds. The molecule has 1 aromatic heterocycles. The van der Waals surface area contributed by atoms with E-state index in [0.29, 0.717) is 5.92 Å². The van der Waals surface area contributed by atoms with Gasteiger partial charge in [0.1, 0.15) is 0 Å². The monoisotopic (exact) mass is 269 g/mol. The van der Waals surface area contributed by atoms with Crippen molar-refractivity contribution in [3.63, 3.8) is 0 Å². The first-order chi connectivity index (χ1) is 9.66. The van der Waals surface area contributed by atoms with E-state index in [1.165, 1.54) is 40.9 Å². The van der Waals surface area contributed by atoms with Crippen molar-refractivity contribution >= 4 is 0 Å². The van der Waals surface area contributed by atoms with Gasteiger partial charge < -0.3 is 5.32 Å². The second kappa shape index (κ2) is 5.41. The number of aryl methyl sites for hydroxylation is 2. The van der Waals surface area contributed by atoms with Crippen molar-refractivity contribution in [2.45, 2.75) is 32.6 Å². The molecule has 3 rings (SSSR count). The molecule has 20 heavy (non-hydrogen) atoms. The molecule has 2 aromatic rings. The van der Waals surface area contributed by atoms with Crippen LogP contribution in [-0.4, -0.2) is 22.9 Å². The quantitative estimate of drug-likeness (QED) is 0.907. The lowest BCUT2D eigenvalue weighted by molar-refractivity contribution is 0.450. The fourth-order valence-corrected chi connectivity index (χ4v) is 3.09. The van der Waals surface area contributed by atoms with Crippen molar-refractivity contribution in [1.29, 1.82) is 0 Å². The lowest BCUT2D eigenvalue weighted by Gasteiger charge is -2.22. The summed E-state index contributed by atoms with van der Waals surface area (Å²) in [6, 6.07) is 8.83. The molecule has 1 fully saturated rings. The Morgan fingerprint density at radius 1 is 1.10 bits per heavy atom. The molecule has 1 aromatic carbocycles. The van der Waals surface area contributed by atoms with E-state index in [4.69, 9.17) is 5.10 Å². The summed E-state index contributed by atoms with van der Waals surface area (Å²) in [6.07, 6.45) is 2.38. The molecule has 0 atom stereocenters. The maximum atomic E-state index is 4.82. The van der Waals surface area contributed by atoms with E-state index in [0.717, 1.165) is 13.1 Å². The largest absolute Gasteiger partial charge is 0.317 e. The minimum absolute atomic E-state index is 0.590. The molecule has 106 valence electrons. The number of aromatic nitrogens is 2. The number of piperidine rings is 1. The third kappa shape index (κ3) is 2.38. The topological polar surface area (TPSA) is 29.9 Å². The predicted octanol–water partition coefficient (Wildman–Crippen LogP) is 3.17. The van der Waals surface area contributed by atoms with Crippen LogP contribution in [0.4, 0.5) is 0 Å². The van der Waals surface area contributed by atoms with Gasteiger partial charge in [-0.05, 0) is 45.3 Å². The zero-order valence-electron chi connectivity index (χ0n) is 12.6. The zero-order chi connectivity index (χ0) is 14.1. The second-order valence-electron chi connectivity index (χ2n) is 5.86. The van der Waals surface area contributed by atoms with E-state index in [1.54, 1.807) is 0 Å². The summed E-state index contributed by atoms with van der Waals surface area (Å²) in [5.74, 6) is 0.590. The Kier molecular flexibility index (Phi) is 3.62. The molecule has 0 unspecified atom stereocenters. The predicted molar refractivity (Wildman–Crippen MR) is 83.0 cm³/mol. The third-order valence-corrected chi connectivity index (χ3v) is 4.43. The first-order valence-electron chi connectivity index (χ1n) is 7.48. The minimum Gasteiger partial charge on any atom is -0.317 e. The molecule has 0 radical (unpaired) electrons. The third-order valence-electron chi connectivity index (χ3n) is 4.43. The van der Waals surface area contributed by atoms with Crippen LogP contribution in [-0.2, 0) is 7.05 Å². The molecule has 2 heterocycles. The number of hydrogen-bond acceptors (Lipinski definition) is 2. The van der Waals surface area contributed by atoms with Crippen molar-refractivity contribution in [1.82, 2.24) is 15.1 Å². The Morgan fingerprint density at radius 3 is 2.40 bits per heavy atom. The first kappa shape index (κ1) is 13.4. The van der Waals surface area contributed by atoms with Gasteiger partial charge in [-0.3, -0.25) is 4.68 Å². The van der Waals surface area contributed by atoms with Crippen LogP contribution in [0.15, 0.2) is 24.3 Å². The van der Waals surface area contributed by atoms with Crippen molar-refractivity contribution in [3.05, 3.63) is 41.2 Å². The molecular weight excluding hydrogens is 246 g/mol. The van der Waals surface area contributed by atoms with E-state index in [2.05, 4.69) is 50.5 Å². The van der Waals surface area contributed by atoms with Gasteiger partial charge in [0.15, 0.2) is 0 Å². The normalized spacial score (nSPS) is 16.6. The number of nitrogens with zero attached hydrogens (tertiary/aromatic N) is 2.